The number of nitrogens with two attached hydrogens (primary N) is 1. The fourth-order valence-corrected chi connectivity index (χ4v) is 1.11. The van der Waals surface area contributed by atoms with E-state index in [1.165, 1.54) is 0 Å². The Labute approximate surface area is 79.4 Å². The summed E-state index contributed by atoms with van der Waals surface area (Å²) in [5.41, 5.74) is 4.78. The van der Waals surface area contributed by atoms with Crippen LogP contribution in [0.5, 0.6) is 0 Å². The first-order chi connectivity index (χ1) is 4.81. The molecule has 0 aromatic rings. The first-order valence-corrected chi connectivity index (χ1v) is 3.98. The zero-order chi connectivity index (χ0) is 9.07. The molecule has 1 atom stereocenters. The van der Waals surface area contributed by atoms with Crippen LogP contribution in [0, 0.1) is 0 Å². The van der Waals surface area contributed by atoms with E-state index in [9.17, 15) is 4.79 Å². The van der Waals surface area contributed by atoms with Crippen molar-refractivity contribution in [3.8, 4) is 0 Å². The molecule has 0 saturated heterocycles. The van der Waals surface area contributed by atoms with Crippen LogP contribution in [-0.2, 0) is 4.79 Å². The normalized spacial score (nSPS) is 14.5. The molecule has 0 aromatic heterocycles. The molecule has 3 N–H and O–H groups in total. The van der Waals surface area contributed by atoms with Crippen molar-refractivity contribution in [3.05, 3.63) is 0 Å². The highest BCUT2D eigenvalue weighted by Crippen LogP contribution is 2.31. The van der Waals surface area contributed by atoms with Gasteiger partial charge in [0.2, 0.25) is 5.91 Å². The Morgan fingerprint density at radius 2 is 2.00 bits per heavy atom. The number of rotatable bonds is 3. The van der Waals surface area contributed by atoms with Crippen LogP contribution < -0.4 is 5.73 Å². The van der Waals surface area contributed by atoms with Crippen LogP contribution in [0.3, 0.4) is 0 Å². The van der Waals surface area contributed by atoms with Gasteiger partial charge in [0.1, 0.15) is 0 Å². The van der Waals surface area contributed by atoms with E-state index in [2.05, 4.69) is 0 Å². The molecule has 0 spiro atoms. The summed E-state index contributed by atoms with van der Waals surface area (Å²) in [5.74, 6) is -0.619. The molecule has 0 unspecified atom stereocenters. The summed E-state index contributed by atoms with van der Waals surface area (Å²) < 4.78 is -1.53. The summed E-state index contributed by atoms with van der Waals surface area (Å²) in [6, 6.07) is 0. The lowest BCUT2D eigenvalue weighted by molar-refractivity contribution is -0.119. The fraction of sp³-hybridized carbons (Fsp3) is 0.800. The zero-order valence-corrected chi connectivity index (χ0v) is 7.83. The summed E-state index contributed by atoms with van der Waals surface area (Å²) in [5, 5.41) is 9.00. The van der Waals surface area contributed by atoms with Gasteiger partial charge in [0.05, 0.1) is 12.5 Å². The molecule has 0 saturated carbocycles. The van der Waals surface area contributed by atoms with Gasteiger partial charge in [-0.2, -0.15) is 0 Å². The molecule has 6 heteroatoms. The summed E-state index contributed by atoms with van der Waals surface area (Å²) >= 11 is 16.0. The van der Waals surface area contributed by atoms with Crippen molar-refractivity contribution in [2.75, 3.05) is 0 Å². The number of hydrogen-bond acceptors (Lipinski definition) is 2. The van der Waals surface area contributed by atoms with E-state index in [1.54, 1.807) is 0 Å². The molecule has 0 rings (SSSR count). The van der Waals surface area contributed by atoms with Gasteiger partial charge in [0.25, 0.3) is 0 Å². The van der Waals surface area contributed by atoms with Crippen molar-refractivity contribution in [3.63, 3.8) is 0 Å². The molecule has 0 aromatic carbocycles. The molecule has 0 heterocycles. The lowest BCUT2D eigenvalue weighted by Gasteiger charge is -2.14. The van der Waals surface area contributed by atoms with E-state index in [1.807, 2.05) is 0 Å². The van der Waals surface area contributed by atoms with Crippen molar-refractivity contribution in [2.45, 2.75) is 22.7 Å². The van der Waals surface area contributed by atoms with E-state index in [0.29, 0.717) is 0 Å². The van der Waals surface area contributed by atoms with Crippen LogP contribution >= 0.6 is 34.8 Å². The smallest absolute Gasteiger partial charge is 0.220 e. The summed E-state index contributed by atoms with van der Waals surface area (Å²) in [6.07, 6.45) is -1.27. The third-order valence-electron chi connectivity index (χ3n) is 0.904. The summed E-state index contributed by atoms with van der Waals surface area (Å²) in [4.78, 5) is 10.2. The Morgan fingerprint density at radius 1 is 1.55 bits per heavy atom. The van der Waals surface area contributed by atoms with E-state index >= 15 is 0 Å². The molecule has 0 aliphatic carbocycles. The molecule has 0 aliphatic heterocycles. The maximum Gasteiger partial charge on any atom is 0.220 e. The van der Waals surface area contributed by atoms with Crippen LogP contribution in [0.1, 0.15) is 12.8 Å². The number of aliphatic hydroxyl groups is 1. The van der Waals surface area contributed by atoms with Crippen LogP contribution in [0.4, 0.5) is 0 Å². The second-order valence-electron chi connectivity index (χ2n) is 2.14. The van der Waals surface area contributed by atoms with Gasteiger partial charge in [-0.05, 0) is 0 Å². The van der Waals surface area contributed by atoms with Gasteiger partial charge in [0.15, 0.2) is 3.79 Å². The van der Waals surface area contributed by atoms with Crippen LogP contribution in [0.2, 0.25) is 0 Å². The van der Waals surface area contributed by atoms with Crippen molar-refractivity contribution >= 4 is 40.7 Å². The topological polar surface area (TPSA) is 63.3 Å². The Bertz CT molecular complexity index is 145. The molecule has 11 heavy (non-hydrogen) atoms. The minimum Gasteiger partial charge on any atom is -0.392 e. The van der Waals surface area contributed by atoms with Crippen molar-refractivity contribution in [1.29, 1.82) is 0 Å². The lowest BCUT2D eigenvalue weighted by atomic mass is 10.2. The number of halogens is 3. The highest BCUT2D eigenvalue weighted by atomic mass is 35.6. The maximum absolute atomic E-state index is 10.2. The maximum atomic E-state index is 10.2. The van der Waals surface area contributed by atoms with Gasteiger partial charge in [-0.15, -0.1) is 0 Å². The van der Waals surface area contributed by atoms with Gasteiger partial charge < -0.3 is 10.8 Å². The van der Waals surface area contributed by atoms with E-state index < -0.39 is 15.8 Å². The number of alkyl halides is 3. The molecular weight excluding hydrogens is 212 g/mol. The fourth-order valence-electron chi connectivity index (χ4n) is 0.572. The molecule has 0 bridgehead atoms. The predicted octanol–water partition coefficient (Wildman–Crippen LogP) is 0.983. The highest BCUT2D eigenvalue weighted by molar-refractivity contribution is 6.67. The van der Waals surface area contributed by atoms with Crippen molar-refractivity contribution in [1.82, 2.24) is 0 Å². The Kier molecular flexibility index (Phi) is 4.48. The van der Waals surface area contributed by atoms with Crippen molar-refractivity contribution < 1.29 is 9.90 Å². The van der Waals surface area contributed by atoms with Crippen LogP contribution in [-0.4, -0.2) is 20.9 Å². The zero-order valence-electron chi connectivity index (χ0n) is 5.56. The lowest BCUT2D eigenvalue weighted by Crippen LogP contribution is -2.23. The van der Waals surface area contributed by atoms with Gasteiger partial charge in [0, 0.05) is 6.42 Å². The first kappa shape index (κ1) is 11.3. The summed E-state index contributed by atoms with van der Waals surface area (Å²) in [7, 11) is 0. The van der Waals surface area contributed by atoms with Crippen molar-refractivity contribution in [2.24, 2.45) is 5.73 Å². The van der Waals surface area contributed by atoms with E-state index in [-0.39, 0.29) is 12.8 Å². The molecule has 0 aliphatic rings. The molecule has 0 fully saturated rings. The predicted molar refractivity (Wildman–Crippen MR) is 44.7 cm³/mol. The third kappa shape index (κ3) is 8.20. The number of carbonyl (C=O) groups excluding carboxylic acids is 1. The average molecular weight is 220 g/mol. The largest absolute Gasteiger partial charge is 0.392 e. The summed E-state index contributed by atoms with van der Waals surface area (Å²) in [6.45, 7) is 0. The Balaban J connectivity index is 3.69. The minimum atomic E-state index is -1.53. The van der Waals surface area contributed by atoms with Gasteiger partial charge >= 0.3 is 0 Å². The Morgan fingerprint density at radius 3 is 2.27 bits per heavy atom. The molecule has 1 amide bonds. The third-order valence-corrected chi connectivity index (χ3v) is 1.37. The Hall–Kier alpha value is 0.300. The highest BCUT2D eigenvalue weighted by Gasteiger charge is 2.24. The first-order valence-electron chi connectivity index (χ1n) is 2.84. The van der Waals surface area contributed by atoms with E-state index in [0.717, 1.165) is 0 Å². The molecule has 3 nitrogen and oxygen atoms in total. The van der Waals surface area contributed by atoms with E-state index in [4.69, 9.17) is 45.6 Å². The quantitative estimate of drug-likeness (QED) is 0.697. The second-order valence-corrected chi connectivity index (χ2v) is 4.66. The van der Waals surface area contributed by atoms with Gasteiger partial charge in [-0.25, -0.2) is 0 Å². The average Bonchev–Trinajstić information content (AvgIpc) is 1.53. The standard InChI is InChI=1S/C5H8Cl3NO2/c6-5(7,8)2-3(10)1-4(9)11/h3,10H,1-2H2,(H2,9,11)/t3-/m1/s1. The SMILES string of the molecule is NC(=O)C[C@@H](O)CC(Cl)(Cl)Cl. The number of amides is 1. The number of hydrogen-bond donors (Lipinski definition) is 2. The van der Waals surface area contributed by atoms with Crippen LogP contribution in [0.15, 0.2) is 0 Å². The van der Waals surface area contributed by atoms with Gasteiger partial charge in [-0.1, -0.05) is 34.8 Å². The number of primary amides is 1. The number of carbonyl (C=O) groups is 1. The number of aliphatic hydroxyl groups excluding tert-OH is 1. The molecule has 66 valence electrons. The molecular formula is C5H8Cl3NO2. The monoisotopic (exact) mass is 219 g/mol. The van der Waals surface area contributed by atoms with Crippen LogP contribution in [0.25, 0.3) is 0 Å². The minimum absolute atomic E-state index is 0.0966. The van der Waals surface area contributed by atoms with Gasteiger partial charge in [-0.3, -0.25) is 4.79 Å². The molecule has 0 radical (unpaired) electrons. The second kappa shape index (κ2) is 4.36.